The van der Waals surface area contributed by atoms with E-state index >= 15 is 0 Å². The molecular weight excluding hydrogens is 258 g/mol. The lowest BCUT2D eigenvalue weighted by molar-refractivity contribution is 0.00578. The second-order valence-electron chi connectivity index (χ2n) is 6.64. The van der Waals surface area contributed by atoms with Crippen molar-refractivity contribution in [1.82, 2.24) is 0 Å². The monoisotopic (exact) mass is 278 g/mol. The molecule has 1 aliphatic heterocycles. The van der Waals surface area contributed by atoms with Crippen molar-refractivity contribution in [2.75, 3.05) is 0 Å². The van der Waals surface area contributed by atoms with Gasteiger partial charge in [0.05, 0.1) is 11.2 Å². The molecule has 4 heteroatoms. The fraction of sp³-hybridized carbons (Fsp3) is 0.600. The van der Waals surface area contributed by atoms with Gasteiger partial charge in [-0.1, -0.05) is 23.7 Å². The molecule has 0 radical (unpaired) electrons. The zero-order chi connectivity index (χ0) is 13.8. The Balaban J connectivity index is 1.87. The van der Waals surface area contributed by atoms with Crippen LogP contribution in [0.5, 0.6) is 0 Å². The maximum Gasteiger partial charge on any atom is 0.496 e. The Morgan fingerprint density at radius 3 is 2.16 bits per heavy atom. The minimum absolute atomic E-state index is 0.323. The van der Waals surface area contributed by atoms with E-state index < -0.39 is 0 Å². The summed E-state index contributed by atoms with van der Waals surface area (Å²) in [6, 6.07) is 6.28. The highest BCUT2D eigenvalue weighted by Gasteiger charge is 2.52. The number of hydrogen-bond acceptors (Lipinski definition) is 2. The summed E-state index contributed by atoms with van der Waals surface area (Å²) in [6.07, 6.45) is 2.57. The first kappa shape index (κ1) is 13.5. The number of halogens is 1. The fourth-order valence-corrected chi connectivity index (χ4v) is 2.65. The van der Waals surface area contributed by atoms with Gasteiger partial charge in [0, 0.05) is 10.5 Å². The third-order valence-corrected chi connectivity index (χ3v) is 4.91. The van der Waals surface area contributed by atoms with E-state index in [0.717, 1.165) is 10.5 Å². The van der Waals surface area contributed by atoms with Gasteiger partial charge in [-0.05, 0) is 58.1 Å². The van der Waals surface area contributed by atoms with Gasteiger partial charge in [-0.25, -0.2) is 0 Å². The summed E-state index contributed by atoms with van der Waals surface area (Å²) >= 11 is 6.41. The van der Waals surface area contributed by atoms with E-state index in [0.29, 0.717) is 5.92 Å². The van der Waals surface area contributed by atoms with Crippen molar-refractivity contribution in [3.05, 3.63) is 28.8 Å². The number of hydrogen-bond donors (Lipinski definition) is 0. The van der Waals surface area contributed by atoms with E-state index in [4.69, 9.17) is 20.9 Å². The van der Waals surface area contributed by atoms with Gasteiger partial charge in [0.15, 0.2) is 0 Å². The van der Waals surface area contributed by atoms with Gasteiger partial charge in [-0.2, -0.15) is 0 Å². The molecule has 1 saturated heterocycles. The first-order valence-electron chi connectivity index (χ1n) is 6.95. The van der Waals surface area contributed by atoms with Gasteiger partial charge in [-0.15, -0.1) is 0 Å². The molecule has 0 aromatic heterocycles. The Bertz CT molecular complexity index is 493. The SMILES string of the molecule is CC1(C)OB(c2ccc(C3CC3)cc2Cl)OC1(C)C. The fourth-order valence-electron chi connectivity index (χ4n) is 2.38. The highest BCUT2D eigenvalue weighted by molar-refractivity contribution is 6.65. The Morgan fingerprint density at radius 1 is 1.11 bits per heavy atom. The van der Waals surface area contributed by atoms with Crippen LogP contribution in [0.25, 0.3) is 0 Å². The van der Waals surface area contributed by atoms with Crippen molar-refractivity contribution >= 4 is 24.2 Å². The molecule has 0 N–H and O–H groups in total. The second kappa shape index (κ2) is 4.24. The van der Waals surface area contributed by atoms with Gasteiger partial charge in [0.1, 0.15) is 0 Å². The largest absolute Gasteiger partial charge is 0.496 e. The lowest BCUT2D eigenvalue weighted by Gasteiger charge is -2.32. The van der Waals surface area contributed by atoms with Crippen molar-refractivity contribution in [2.24, 2.45) is 0 Å². The Morgan fingerprint density at radius 2 is 1.68 bits per heavy atom. The van der Waals surface area contributed by atoms with Gasteiger partial charge in [0.2, 0.25) is 0 Å². The average molecular weight is 279 g/mol. The molecule has 1 heterocycles. The molecular formula is C15H20BClO2. The van der Waals surface area contributed by atoms with E-state index in [1.165, 1.54) is 18.4 Å². The van der Waals surface area contributed by atoms with Crippen molar-refractivity contribution in [3.63, 3.8) is 0 Å². The smallest absolute Gasteiger partial charge is 0.399 e. The maximum atomic E-state index is 6.41. The van der Waals surface area contributed by atoms with Crippen molar-refractivity contribution in [2.45, 2.75) is 57.7 Å². The lowest BCUT2D eigenvalue weighted by atomic mass is 9.78. The summed E-state index contributed by atoms with van der Waals surface area (Å²) in [7, 11) is -0.370. The van der Waals surface area contributed by atoms with Gasteiger partial charge >= 0.3 is 7.12 Å². The van der Waals surface area contributed by atoms with Crippen LogP contribution in [0.2, 0.25) is 5.02 Å². The quantitative estimate of drug-likeness (QED) is 0.771. The Hall–Kier alpha value is -0.505. The predicted molar refractivity (Wildman–Crippen MR) is 79.1 cm³/mol. The molecule has 3 rings (SSSR count). The molecule has 1 saturated carbocycles. The first-order valence-corrected chi connectivity index (χ1v) is 7.33. The van der Waals surface area contributed by atoms with Crippen LogP contribution >= 0.6 is 11.6 Å². The molecule has 0 amide bonds. The molecule has 0 spiro atoms. The molecule has 0 bridgehead atoms. The topological polar surface area (TPSA) is 18.5 Å². The van der Waals surface area contributed by atoms with E-state index in [1.54, 1.807) is 0 Å². The molecule has 1 aromatic rings. The summed E-state index contributed by atoms with van der Waals surface area (Å²) in [5.74, 6) is 0.713. The molecule has 0 unspecified atom stereocenters. The third kappa shape index (κ3) is 2.33. The summed E-state index contributed by atoms with van der Waals surface area (Å²) in [4.78, 5) is 0. The highest BCUT2D eigenvalue weighted by atomic mass is 35.5. The Kier molecular flexibility index (Phi) is 3.01. The van der Waals surface area contributed by atoms with Crippen LogP contribution in [-0.4, -0.2) is 18.3 Å². The lowest BCUT2D eigenvalue weighted by Crippen LogP contribution is -2.41. The van der Waals surface area contributed by atoms with E-state index in [-0.39, 0.29) is 18.3 Å². The molecule has 1 aromatic carbocycles. The van der Waals surface area contributed by atoms with Crippen LogP contribution in [0.4, 0.5) is 0 Å². The first-order chi connectivity index (χ1) is 8.80. The second-order valence-corrected chi connectivity index (χ2v) is 7.05. The molecule has 102 valence electrons. The van der Waals surface area contributed by atoms with Gasteiger partial charge in [0.25, 0.3) is 0 Å². The van der Waals surface area contributed by atoms with E-state index in [9.17, 15) is 0 Å². The molecule has 2 aliphatic rings. The van der Waals surface area contributed by atoms with E-state index in [2.05, 4.69) is 45.9 Å². The summed E-state index contributed by atoms with van der Waals surface area (Å²) in [5, 5.41) is 0.753. The molecule has 2 fully saturated rings. The Labute approximate surface area is 120 Å². The molecule has 2 nitrogen and oxygen atoms in total. The van der Waals surface area contributed by atoms with E-state index in [1.807, 2.05) is 0 Å². The molecule has 1 aliphatic carbocycles. The zero-order valence-electron chi connectivity index (χ0n) is 12.0. The molecule has 0 atom stereocenters. The van der Waals surface area contributed by atoms with Crippen LogP contribution in [0.3, 0.4) is 0 Å². The average Bonchev–Trinajstić information content (AvgIpc) is 3.07. The van der Waals surface area contributed by atoms with Gasteiger partial charge < -0.3 is 9.31 Å². The summed E-state index contributed by atoms with van der Waals surface area (Å²) < 4.78 is 12.1. The minimum Gasteiger partial charge on any atom is -0.399 e. The molecule has 19 heavy (non-hydrogen) atoms. The number of rotatable bonds is 2. The van der Waals surface area contributed by atoms with Crippen LogP contribution < -0.4 is 5.46 Å². The normalized spacial score (nSPS) is 24.8. The van der Waals surface area contributed by atoms with Crippen molar-refractivity contribution in [3.8, 4) is 0 Å². The highest BCUT2D eigenvalue weighted by Crippen LogP contribution is 2.41. The van der Waals surface area contributed by atoms with Crippen LogP contribution in [0, 0.1) is 0 Å². The zero-order valence-corrected chi connectivity index (χ0v) is 12.8. The standard InChI is InChI=1S/C15H20BClO2/c1-14(2)15(3,4)19-16(18-14)12-8-7-11(9-13(12)17)10-5-6-10/h7-10H,5-6H2,1-4H3. The van der Waals surface area contributed by atoms with Crippen molar-refractivity contribution in [1.29, 1.82) is 0 Å². The maximum absolute atomic E-state index is 6.41. The summed E-state index contributed by atoms with van der Waals surface area (Å²) in [5.41, 5.74) is 1.63. The van der Waals surface area contributed by atoms with Crippen LogP contribution in [-0.2, 0) is 9.31 Å². The van der Waals surface area contributed by atoms with Gasteiger partial charge in [-0.3, -0.25) is 0 Å². The van der Waals surface area contributed by atoms with Crippen LogP contribution in [0.1, 0.15) is 52.0 Å². The van der Waals surface area contributed by atoms with Crippen molar-refractivity contribution < 1.29 is 9.31 Å². The predicted octanol–water partition coefficient (Wildman–Crippen LogP) is 3.52. The summed E-state index contributed by atoms with van der Waals surface area (Å²) in [6.45, 7) is 8.22. The minimum atomic E-state index is -0.370. The third-order valence-electron chi connectivity index (χ3n) is 4.58. The van der Waals surface area contributed by atoms with Crippen LogP contribution in [0.15, 0.2) is 18.2 Å². The number of benzene rings is 1.